The summed E-state index contributed by atoms with van der Waals surface area (Å²) < 4.78 is 13.1. The highest BCUT2D eigenvalue weighted by Gasteiger charge is 2.23. The molecule has 8 nitrogen and oxygen atoms in total. The Labute approximate surface area is 206 Å². The van der Waals surface area contributed by atoms with E-state index in [9.17, 15) is 4.79 Å². The summed E-state index contributed by atoms with van der Waals surface area (Å²) >= 11 is 6.30. The molecule has 35 heavy (non-hydrogen) atoms. The molecule has 0 spiro atoms. The summed E-state index contributed by atoms with van der Waals surface area (Å²) in [7, 11) is 0. The molecule has 0 saturated carbocycles. The van der Waals surface area contributed by atoms with E-state index >= 15 is 0 Å². The Morgan fingerprint density at radius 3 is 2.49 bits per heavy atom. The molecule has 174 valence electrons. The number of carbonyl (C=O) groups excluding carboxylic acids is 1. The molecule has 3 heterocycles. The normalized spacial score (nSPS) is 10.8. The first-order valence-corrected chi connectivity index (χ1v) is 11.2. The Morgan fingerprint density at radius 2 is 1.74 bits per heavy atom. The summed E-state index contributed by atoms with van der Waals surface area (Å²) in [6.45, 7) is 3.49. The summed E-state index contributed by atoms with van der Waals surface area (Å²) in [6.07, 6.45) is 3.80. The maximum Gasteiger partial charge on any atom is 0.261 e. The number of carbonyl (C=O) groups is 1. The van der Waals surface area contributed by atoms with Gasteiger partial charge in [0.15, 0.2) is 0 Å². The van der Waals surface area contributed by atoms with E-state index in [-0.39, 0.29) is 5.91 Å². The lowest BCUT2D eigenvalue weighted by molar-refractivity contribution is 0.102. The van der Waals surface area contributed by atoms with Crippen LogP contribution in [0.1, 0.15) is 21.9 Å². The number of nitrogens with zero attached hydrogens (tertiary/aromatic N) is 4. The molecule has 1 N–H and O–H groups in total. The second-order valence-corrected chi connectivity index (χ2v) is 8.13. The van der Waals surface area contributed by atoms with E-state index in [0.29, 0.717) is 56.6 Å². The van der Waals surface area contributed by atoms with Crippen LogP contribution >= 0.6 is 11.6 Å². The topological polar surface area (TPSA) is 95.1 Å². The first kappa shape index (κ1) is 22.4. The molecule has 0 aliphatic heterocycles. The highest BCUT2D eigenvalue weighted by atomic mass is 35.5. The first-order valence-electron chi connectivity index (χ1n) is 10.8. The zero-order valence-electron chi connectivity index (χ0n) is 18.9. The highest BCUT2D eigenvalue weighted by molar-refractivity contribution is 6.33. The van der Waals surface area contributed by atoms with Crippen LogP contribution in [0.25, 0.3) is 17.1 Å². The Bertz CT molecular complexity index is 1490. The number of anilines is 1. The van der Waals surface area contributed by atoms with Crippen LogP contribution in [-0.4, -0.2) is 25.6 Å². The predicted molar refractivity (Wildman–Crippen MR) is 132 cm³/mol. The van der Waals surface area contributed by atoms with E-state index < -0.39 is 0 Å². The van der Waals surface area contributed by atoms with Crippen molar-refractivity contribution >= 4 is 23.2 Å². The molecule has 3 aromatic heterocycles. The van der Waals surface area contributed by atoms with E-state index in [2.05, 4.69) is 20.4 Å². The van der Waals surface area contributed by atoms with Gasteiger partial charge in [-0.05, 0) is 56.3 Å². The first-order chi connectivity index (χ1) is 17.0. The third kappa shape index (κ3) is 4.78. The zero-order valence-corrected chi connectivity index (χ0v) is 19.7. The number of aromatic nitrogens is 4. The molecular weight excluding hydrogens is 466 g/mol. The average Bonchev–Trinajstić information content (AvgIpc) is 3.51. The fourth-order valence-electron chi connectivity index (χ4n) is 3.59. The second kappa shape index (κ2) is 9.44. The Hall–Kier alpha value is -4.43. The minimum atomic E-state index is -0.352. The van der Waals surface area contributed by atoms with Gasteiger partial charge in [-0.1, -0.05) is 35.0 Å². The van der Waals surface area contributed by atoms with E-state index in [1.165, 1.54) is 0 Å². The van der Waals surface area contributed by atoms with Crippen LogP contribution in [0.15, 0.2) is 83.6 Å². The molecule has 0 unspecified atom stereocenters. The number of aryl methyl sites for hydroxylation is 2. The quantitative estimate of drug-likeness (QED) is 0.306. The van der Waals surface area contributed by atoms with Crippen LogP contribution in [0.3, 0.4) is 0 Å². The second-order valence-electron chi connectivity index (χ2n) is 7.72. The van der Waals surface area contributed by atoms with Crippen molar-refractivity contribution in [2.24, 2.45) is 0 Å². The standard InChI is InChI=1S/C26H20ClN5O3/c1-16-24(25(31-35-16)20-7-3-4-8-21(20)27)26(33)30-18-9-11-19(12-10-18)34-23-15-22(28-17(2)29-23)32-13-5-6-14-32/h3-15H,1-2H3,(H,30,33). The van der Waals surface area contributed by atoms with E-state index in [1.807, 2.05) is 48.1 Å². The Balaban J connectivity index is 1.33. The third-order valence-corrected chi connectivity index (χ3v) is 5.55. The van der Waals surface area contributed by atoms with Crippen LogP contribution in [0, 0.1) is 13.8 Å². The summed E-state index contributed by atoms with van der Waals surface area (Å²) in [6, 6.07) is 19.7. The van der Waals surface area contributed by atoms with Gasteiger partial charge >= 0.3 is 0 Å². The summed E-state index contributed by atoms with van der Waals surface area (Å²) in [4.78, 5) is 21.8. The van der Waals surface area contributed by atoms with Gasteiger partial charge in [0.2, 0.25) is 5.88 Å². The van der Waals surface area contributed by atoms with Crippen LogP contribution in [0.2, 0.25) is 5.02 Å². The Morgan fingerprint density at radius 1 is 1.00 bits per heavy atom. The molecule has 0 fully saturated rings. The van der Waals surface area contributed by atoms with Gasteiger partial charge in [-0.2, -0.15) is 4.98 Å². The molecule has 0 radical (unpaired) electrons. The minimum Gasteiger partial charge on any atom is -0.439 e. The van der Waals surface area contributed by atoms with Crippen molar-refractivity contribution in [3.8, 4) is 28.7 Å². The zero-order chi connectivity index (χ0) is 24.4. The lowest BCUT2D eigenvalue weighted by Gasteiger charge is -2.10. The van der Waals surface area contributed by atoms with Gasteiger partial charge in [-0.15, -0.1) is 0 Å². The number of amides is 1. The molecule has 0 aliphatic rings. The molecule has 0 saturated heterocycles. The predicted octanol–water partition coefficient (Wildman–Crippen LogP) is 6.24. The number of halogens is 1. The number of rotatable bonds is 6. The van der Waals surface area contributed by atoms with Crippen molar-refractivity contribution in [2.45, 2.75) is 13.8 Å². The molecule has 5 rings (SSSR count). The molecule has 1 amide bonds. The minimum absolute atomic E-state index is 0.326. The van der Waals surface area contributed by atoms with Crippen LogP contribution in [0.4, 0.5) is 5.69 Å². The van der Waals surface area contributed by atoms with Gasteiger partial charge in [0.25, 0.3) is 5.91 Å². The molecular formula is C26H20ClN5O3. The largest absolute Gasteiger partial charge is 0.439 e. The van der Waals surface area contributed by atoms with Gasteiger partial charge < -0.3 is 19.1 Å². The maximum absolute atomic E-state index is 13.1. The number of ether oxygens (including phenoxy) is 1. The van der Waals surface area contributed by atoms with Gasteiger partial charge in [-0.25, -0.2) is 4.98 Å². The molecule has 9 heteroatoms. The summed E-state index contributed by atoms with van der Waals surface area (Å²) in [5, 5.41) is 7.41. The third-order valence-electron chi connectivity index (χ3n) is 5.22. The SMILES string of the molecule is Cc1nc(Oc2ccc(NC(=O)c3c(-c4ccccc4Cl)noc3C)cc2)cc(-n2cccc2)n1. The maximum atomic E-state index is 13.1. The van der Waals surface area contributed by atoms with Gasteiger partial charge in [0.05, 0.1) is 5.02 Å². The molecule has 2 aromatic carbocycles. The number of hydrogen-bond acceptors (Lipinski definition) is 6. The highest BCUT2D eigenvalue weighted by Crippen LogP contribution is 2.31. The van der Waals surface area contributed by atoms with Crippen molar-refractivity contribution in [1.82, 2.24) is 19.7 Å². The smallest absolute Gasteiger partial charge is 0.261 e. The van der Waals surface area contributed by atoms with Crippen molar-refractivity contribution in [2.75, 3.05) is 5.32 Å². The van der Waals surface area contributed by atoms with Crippen molar-refractivity contribution in [1.29, 1.82) is 0 Å². The van der Waals surface area contributed by atoms with E-state index in [1.54, 1.807) is 49.4 Å². The number of nitrogens with one attached hydrogen (secondary N) is 1. The number of hydrogen-bond donors (Lipinski definition) is 1. The molecule has 0 bridgehead atoms. The van der Waals surface area contributed by atoms with Gasteiger partial charge in [0, 0.05) is 29.7 Å². The van der Waals surface area contributed by atoms with Gasteiger partial charge in [-0.3, -0.25) is 4.79 Å². The van der Waals surface area contributed by atoms with Crippen LogP contribution in [-0.2, 0) is 0 Å². The van der Waals surface area contributed by atoms with Crippen LogP contribution < -0.4 is 10.1 Å². The number of benzene rings is 2. The molecule has 5 aromatic rings. The lowest BCUT2D eigenvalue weighted by atomic mass is 10.1. The van der Waals surface area contributed by atoms with Gasteiger partial charge in [0.1, 0.15) is 34.4 Å². The molecule has 0 aliphatic carbocycles. The average molecular weight is 486 g/mol. The fraction of sp³-hybridized carbons (Fsp3) is 0.0769. The fourth-order valence-corrected chi connectivity index (χ4v) is 3.82. The Kier molecular flexibility index (Phi) is 6.03. The van der Waals surface area contributed by atoms with E-state index in [0.717, 1.165) is 0 Å². The monoisotopic (exact) mass is 485 g/mol. The lowest BCUT2D eigenvalue weighted by Crippen LogP contribution is -2.13. The van der Waals surface area contributed by atoms with E-state index in [4.69, 9.17) is 20.9 Å². The van der Waals surface area contributed by atoms with Crippen molar-refractivity contribution in [3.63, 3.8) is 0 Å². The summed E-state index contributed by atoms with van der Waals surface area (Å²) in [5.74, 6) is 2.33. The van der Waals surface area contributed by atoms with Crippen LogP contribution in [0.5, 0.6) is 11.6 Å². The summed E-state index contributed by atoms with van der Waals surface area (Å²) in [5.41, 5.74) is 1.93. The van der Waals surface area contributed by atoms with Crippen molar-refractivity contribution < 1.29 is 14.1 Å². The molecule has 0 atom stereocenters. The van der Waals surface area contributed by atoms with Crippen molar-refractivity contribution in [3.05, 3.63) is 101 Å².